The summed E-state index contributed by atoms with van der Waals surface area (Å²) in [5.74, 6) is 1.43. The molecule has 1 unspecified atom stereocenters. The van der Waals surface area contributed by atoms with Crippen molar-refractivity contribution in [2.45, 2.75) is 56.4 Å². The SMILES string of the molecule is O=c1[nH]c(C2CC2)nc2c1CCC21CCCN(CCn2cnc3ccccc32)C1. The fourth-order valence-corrected chi connectivity index (χ4v) is 5.47. The predicted octanol–water partition coefficient (Wildman–Crippen LogP) is 2.98. The quantitative estimate of drug-likeness (QED) is 0.745. The van der Waals surface area contributed by atoms with Crippen LogP contribution < -0.4 is 5.56 Å². The van der Waals surface area contributed by atoms with E-state index in [4.69, 9.17) is 4.98 Å². The normalized spacial score (nSPS) is 24.4. The van der Waals surface area contributed by atoms with Crippen LogP contribution in [-0.2, 0) is 18.4 Å². The molecule has 6 heteroatoms. The summed E-state index contributed by atoms with van der Waals surface area (Å²) in [6.45, 7) is 4.10. The summed E-state index contributed by atoms with van der Waals surface area (Å²) in [5, 5.41) is 0. The highest BCUT2D eigenvalue weighted by Gasteiger charge is 2.45. The topological polar surface area (TPSA) is 66.8 Å². The Labute approximate surface area is 170 Å². The molecule has 1 spiro atoms. The van der Waals surface area contributed by atoms with E-state index in [1.807, 2.05) is 12.4 Å². The van der Waals surface area contributed by atoms with Crippen LogP contribution in [0.4, 0.5) is 0 Å². The summed E-state index contributed by atoms with van der Waals surface area (Å²) in [6.07, 6.45) is 8.57. The highest BCUT2D eigenvalue weighted by atomic mass is 16.1. The molecule has 6 nitrogen and oxygen atoms in total. The number of nitrogens with zero attached hydrogens (tertiary/aromatic N) is 4. The van der Waals surface area contributed by atoms with Crippen LogP contribution in [0.2, 0.25) is 0 Å². The molecule has 0 bridgehead atoms. The molecule has 1 aromatic carbocycles. The first-order valence-corrected chi connectivity index (χ1v) is 11.0. The average Bonchev–Trinajstić information content (AvgIpc) is 3.43. The number of rotatable bonds is 4. The maximum atomic E-state index is 12.7. The van der Waals surface area contributed by atoms with E-state index in [1.54, 1.807) is 0 Å². The number of hydrogen-bond acceptors (Lipinski definition) is 4. The van der Waals surface area contributed by atoms with E-state index in [2.05, 4.69) is 37.6 Å². The minimum Gasteiger partial charge on any atom is -0.329 e. The van der Waals surface area contributed by atoms with Crippen molar-refractivity contribution < 1.29 is 0 Å². The molecule has 1 saturated carbocycles. The fourth-order valence-electron chi connectivity index (χ4n) is 5.47. The molecule has 6 rings (SSSR count). The first kappa shape index (κ1) is 17.4. The number of piperidine rings is 1. The first-order chi connectivity index (χ1) is 14.2. The van der Waals surface area contributed by atoms with E-state index in [0.717, 1.165) is 68.0 Å². The van der Waals surface area contributed by atoms with Crippen LogP contribution in [0.25, 0.3) is 11.0 Å². The van der Waals surface area contributed by atoms with Gasteiger partial charge in [-0.2, -0.15) is 0 Å². The molecule has 150 valence electrons. The lowest BCUT2D eigenvalue weighted by molar-refractivity contribution is 0.139. The molecule has 0 radical (unpaired) electrons. The molecule has 1 aliphatic heterocycles. The molecule has 1 atom stereocenters. The Balaban J connectivity index is 1.24. The molecular weight excluding hydrogens is 362 g/mol. The van der Waals surface area contributed by atoms with E-state index in [0.29, 0.717) is 5.92 Å². The van der Waals surface area contributed by atoms with Gasteiger partial charge in [-0.25, -0.2) is 9.97 Å². The molecule has 2 aromatic heterocycles. The maximum absolute atomic E-state index is 12.7. The largest absolute Gasteiger partial charge is 0.329 e. The lowest BCUT2D eigenvalue weighted by Crippen LogP contribution is -2.46. The van der Waals surface area contributed by atoms with E-state index < -0.39 is 0 Å². The number of H-pyrrole nitrogens is 1. The van der Waals surface area contributed by atoms with Gasteiger partial charge in [-0.3, -0.25) is 4.79 Å². The van der Waals surface area contributed by atoms with Crippen molar-refractivity contribution in [1.82, 2.24) is 24.4 Å². The molecule has 3 aliphatic rings. The van der Waals surface area contributed by atoms with Crippen LogP contribution in [0, 0.1) is 0 Å². The molecule has 1 saturated heterocycles. The van der Waals surface area contributed by atoms with E-state index in [9.17, 15) is 4.79 Å². The summed E-state index contributed by atoms with van der Waals surface area (Å²) in [6, 6.07) is 8.32. The van der Waals surface area contributed by atoms with Gasteiger partial charge in [-0.15, -0.1) is 0 Å². The summed E-state index contributed by atoms with van der Waals surface area (Å²) in [5.41, 5.74) is 4.53. The van der Waals surface area contributed by atoms with Crippen molar-refractivity contribution in [1.29, 1.82) is 0 Å². The second-order valence-electron chi connectivity index (χ2n) is 9.14. The Morgan fingerprint density at radius 3 is 2.97 bits per heavy atom. The third-order valence-electron chi connectivity index (χ3n) is 7.19. The third-order valence-corrected chi connectivity index (χ3v) is 7.19. The number of aromatic amines is 1. The fraction of sp³-hybridized carbons (Fsp3) is 0.522. The Morgan fingerprint density at radius 1 is 1.17 bits per heavy atom. The standard InChI is InChI=1S/C23H27N5O/c29-22-17-8-10-23(20(17)25-21(26-22)16-6-7-16)9-3-11-27(14-23)12-13-28-15-24-18-4-1-2-5-19(18)28/h1-2,4-5,15-16H,3,6-14H2,(H,25,26,29). The lowest BCUT2D eigenvalue weighted by Gasteiger charge is -2.40. The highest BCUT2D eigenvalue weighted by molar-refractivity contribution is 5.74. The van der Waals surface area contributed by atoms with Crippen molar-refractivity contribution in [3.8, 4) is 0 Å². The second-order valence-corrected chi connectivity index (χ2v) is 9.14. The smallest absolute Gasteiger partial charge is 0.254 e. The Kier molecular flexibility index (Phi) is 3.91. The zero-order valence-corrected chi connectivity index (χ0v) is 16.7. The zero-order valence-electron chi connectivity index (χ0n) is 16.7. The van der Waals surface area contributed by atoms with Crippen molar-refractivity contribution in [2.24, 2.45) is 0 Å². The summed E-state index contributed by atoms with van der Waals surface area (Å²) < 4.78 is 2.26. The van der Waals surface area contributed by atoms with Gasteiger partial charge in [0.15, 0.2) is 0 Å². The van der Waals surface area contributed by atoms with Gasteiger partial charge < -0.3 is 14.5 Å². The minimum atomic E-state index is 0.0719. The first-order valence-electron chi connectivity index (χ1n) is 11.0. The van der Waals surface area contributed by atoms with Gasteiger partial charge in [0.1, 0.15) is 5.82 Å². The minimum absolute atomic E-state index is 0.0719. The van der Waals surface area contributed by atoms with E-state index >= 15 is 0 Å². The number of benzene rings is 1. The van der Waals surface area contributed by atoms with Crippen molar-refractivity contribution >= 4 is 11.0 Å². The predicted molar refractivity (Wildman–Crippen MR) is 112 cm³/mol. The number of likely N-dealkylation sites (tertiary alicyclic amines) is 1. The van der Waals surface area contributed by atoms with Crippen LogP contribution in [0.3, 0.4) is 0 Å². The van der Waals surface area contributed by atoms with Crippen LogP contribution in [0.1, 0.15) is 55.1 Å². The zero-order chi connectivity index (χ0) is 19.4. The number of para-hydroxylation sites is 2. The number of fused-ring (bicyclic) bond motifs is 3. The Bertz CT molecular complexity index is 1130. The number of nitrogens with one attached hydrogen (secondary N) is 1. The average molecular weight is 390 g/mol. The molecule has 29 heavy (non-hydrogen) atoms. The van der Waals surface area contributed by atoms with Gasteiger partial charge in [0.2, 0.25) is 0 Å². The van der Waals surface area contributed by atoms with Crippen LogP contribution in [-0.4, -0.2) is 44.1 Å². The van der Waals surface area contributed by atoms with Crippen molar-refractivity contribution in [3.05, 3.63) is 58.0 Å². The molecule has 0 amide bonds. The van der Waals surface area contributed by atoms with Gasteiger partial charge in [0, 0.05) is 36.5 Å². The molecule has 2 fully saturated rings. The molecular formula is C23H27N5O. The number of hydrogen-bond donors (Lipinski definition) is 1. The summed E-state index contributed by atoms with van der Waals surface area (Å²) >= 11 is 0. The van der Waals surface area contributed by atoms with E-state index in [-0.39, 0.29) is 11.0 Å². The number of imidazole rings is 1. The molecule has 2 aliphatic carbocycles. The highest BCUT2D eigenvalue weighted by Crippen LogP contribution is 2.45. The van der Waals surface area contributed by atoms with Gasteiger partial charge in [0.05, 0.1) is 23.1 Å². The van der Waals surface area contributed by atoms with Crippen LogP contribution >= 0.6 is 0 Å². The van der Waals surface area contributed by atoms with Gasteiger partial charge in [-0.1, -0.05) is 12.1 Å². The van der Waals surface area contributed by atoms with Gasteiger partial charge >= 0.3 is 0 Å². The molecule has 3 heterocycles. The van der Waals surface area contributed by atoms with E-state index in [1.165, 1.54) is 24.8 Å². The second kappa shape index (κ2) is 6.52. The summed E-state index contributed by atoms with van der Waals surface area (Å²) in [7, 11) is 0. The third kappa shape index (κ3) is 2.92. The van der Waals surface area contributed by atoms with Crippen LogP contribution in [0.15, 0.2) is 35.4 Å². The van der Waals surface area contributed by atoms with Gasteiger partial charge in [-0.05, 0) is 57.2 Å². The summed E-state index contributed by atoms with van der Waals surface area (Å²) in [4.78, 5) is 27.9. The van der Waals surface area contributed by atoms with Crippen molar-refractivity contribution in [3.63, 3.8) is 0 Å². The Hall–Kier alpha value is -2.47. The Morgan fingerprint density at radius 2 is 2.07 bits per heavy atom. The van der Waals surface area contributed by atoms with Gasteiger partial charge in [0.25, 0.3) is 5.56 Å². The maximum Gasteiger partial charge on any atom is 0.254 e. The lowest BCUT2D eigenvalue weighted by atomic mass is 9.77. The molecule has 3 aromatic rings. The number of aromatic nitrogens is 4. The monoisotopic (exact) mass is 389 g/mol. The molecule has 1 N–H and O–H groups in total. The van der Waals surface area contributed by atoms with Crippen LogP contribution in [0.5, 0.6) is 0 Å². The van der Waals surface area contributed by atoms with Crippen molar-refractivity contribution in [2.75, 3.05) is 19.6 Å².